The third-order valence-corrected chi connectivity index (χ3v) is 3.70. The van der Waals surface area contributed by atoms with E-state index in [0.717, 1.165) is 5.56 Å². The first kappa shape index (κ1) is 17.8. The van der Waals surface area contributed by atoms with E-state index in [1.165, 1.54) is 7.11 Å². The van der Waals surface area contributed by atoms with Gasteiger partial charge in [-0.3, -0.25) is 9.59 Å². The third-order valence-electron chi connectivity index (χ3n) is 3.45. The number of aldehydes is 1. The van der Waals surface area contributed by atoms with Crippen molar-refractivity contribution in [2.45, 2.75) is 13.0 Å². The molecule has 0 heterocycles. The number of methoxy groups -OCH3 is 1. The minimum Gasteiger partial charge on any atom is -0.497 e. The molecule has 2 aromatic carbocycles. The van der Waals surface area contributed by atoms with Crippen LogP contribution < -0.4 is 14.8 Å². The topological polar surface area (TPSA) is 64.6 Å². The van der Waals surface area contributed by atoms with Gasteiger partial charge in [-0.05, 0) is 42.8 Å². The Labute approximate surface area is 145 Å². The van der Waals surface area contributed by atoms with Crippen LogP contribution >= 0.6 is 11.6 Å². The Balaban J connectivity index is 1.93. The molecule has 0 bridgehead atoms. The number of carbonyl (C=O) groups is 2. The van der Waals surface area contributed by atoms with Crippen LogP contribution in [0.2, 0.25) is 5.02 Å². The Hall–Kier alpha value is -2.53. The average molecular weight is 348 g/mol. The minimum atomic E-state index is -0.287. The van der Waals surface area contributed by atoms with Crippen molar-refractivity contribution in [1.29, 1.82) is 0 Å². The van der Waals surface area contributed by atoms with Gasteiger partial charge in [-0.2, -0.15) is 0 Å². The van der Waals surface area contributed by atoms with Gasteiger partial charge >= 0.3 is 0 Å². The zero-order chi connectivity index (χ0) is 17.5. The maximum Gasteiger partial charge on any atom is 0.258 e. The summed E-state index contributed by atoms with van der Waals surface area (Å²) >= 11 is 5.85. The molecule has 126 valence electrons. The van der Waals surface area contributed by atoms with Crippen LogP contribution in [0, 0.1) is 0 Å². The standard InChI is InChI=1S/C18H18ClNO4/c1-12(13-3-5-15(19)6-4-13)20-18(22)11-24-17-8-7-16(23-2)9-14(17)10-21/h3-10,12H,11H2,1-2H3,(H,20,22)/t12-/m1/s1. The summed E-state index contributed by atoms with van der Waals surface area (Å²) < 4.78 is 10.5. The fourth-order valence-corrected chi connectivity index (χ4v) is 2.26. The maximum absolute atomic E-state index is 12.0. The van der Waals surface area contributed by atoms with Crippen LogP contribution in [0.5, 0.6) is 11.5 Å². The molecule has 6 heteroatoms. The number of halogens is 1. The number of amides is 1. The van der Waals surface area contributed by atoms with Gasteiger partial charge < -0.3 is 14.8 Å². The lowest BCUT2D eigenvalue weighted by molar-refractivity contribution is -0.123. The molecule has 1 N–H and O–H groups in total. The number of ether oxygens (including phenoxy) is 2. The Morgan fingerprint density at radius 2 is 1.96 bits per heavy atom. The van der Waals surface area contributed by atoms with Gasteiger partial charge in [0.15, 0.2) is 12.9 Å². The molecule has 0 aliphatic rings. The van der Waals surface area contributed by atoms with Gasteiger partial charge in [0.05, 0.1) is 18.7 Å². The molecule has 0 aliphatic heterocycles. The molecule has 0 aliphatic carbocycles. The smallest absolute Gasteiger partial charge is 0.258 e. The second-order valence-corrected chi connectivity index (χ2v) is 5.59. The van der Waals surface area contributed by atoms with E-state index in [0.29, 0.717) is 28.4 Å². The summed E-state index contributed by atoms with van der Waals surface area (Å²) in [5, 5.41) is 3.47. The first-order valence-electron chi connectivity index (χ1n) is 7.34. The zero-order valence-electron chi connectivity index (χ0n) is 13.4. The number of benzene rings is 2. The van der Waals surface area contributed by atoms with Crippen LogP contribution in [0.1, 0.15) is 28.9 Å². The van der Waals surface area contributed by atoms with Gasteiger partial charge in [-0.1, -0.05) is 23.7 Å². The van der Waals surface area contributed by atoms with Crippen molar-refractivity contribution in [3.63, 3.8) is 0 Å². The molecule has 0 aromatic heterocycles. The van der Waals surface area contributed by atoms with Crippen LogP contribution in [0.4, 0.5) is 0 Å². The largest absolute Gasteiger partial charge is 0.497 e. The van der Waals surface area contributed by atoms with E-state index in [4.69, 9.17) is 21.1 Å². The molecule has 1 atom stereocenters. The predicted octanol–water partition coefficient (Wildman–Crippen LogP) is 3.42. The quantitative estimate of drug-likeness (QED) is 0.779. The summed E-state index contributed by atoms with van der Waals surface area (Å²) in [4.78, 5) is 23.1. The van der Waals surface area contributed by atoms with E-state index in [1.54, 1.807) is 30.3 Å². The highest BCUT2D eigenvalue weighted by Crippen LogP contribution is 2.22. The highest BCUT2D eigenvalue weighted by atomic mass is 35.5. The second kappa shape index (κ2) is 8.36. The first-order chi connectivity index (χ1) is 11.5. The lowest BCUT2D eigenvalue weighted by Gasteiger charge is -2.15. The number of nitrogens with one attached hydrogen (secondary N) is 1. The Morgan fingerprint density at radius 1 is 1.25 bits per heavy atom. The van der Waals surface area contributed by atoms with Crippen molar-refractivity contribution >= 4 is 23.8 Å². The normalized spacial score (nSPS) is 11.5. The number of hydrogen-bond donors (Lipinski definition) is 1. The van der Waals surface area contributed by atoms with Crippen molar-refractivity contribution in [2.75, 3.05) is 13.7 Å². The molecule has 0 unspecified atom stereocenters. The summed E-state index contributed by atoms with van der Waals surface area (Å²) in [5.74, 6) is 0.593. The van der Waals surface area contributed by atoms with Gasteiger partial charge in [0.25, 0.3) is 5.91 Å². The molecule has 1 amide bonds. The van der Waals surface area contributed by atoms with Crippen LogP contribution in [-0.4, -0.2) is 25.9 Å². The average Bonchev–Trinajstić information content (AvgIpc) is 2.60. The van der Waals surface area contributed by atoms with Gasteiger partial charge in [0.1, 0.15) is 11.5 Å². The van der Waals surface area contributed by atoms with Crippen molar-refractivity contribution < 1.29 is 19.1 Å². The van der Waals surface area contributed by atoms with E-state index in [1.807, 2.05) is 19.1 Å². The van der Waals surface area contributed by atoms with E-state index in [-0.39, 0.29) is 18.6 Å². The summed E-state index contributed by atoms with van der Waals surface area (Å²) in [6, 6.07) is 11.9. The van der Waals surface area contributed by atoms with Crippen molar-refractivity contribution in [2.24, 2.45) is 0 Å². The maximum atomic E-state index is 12.0. The number of rotatable bonds is 7. The van der Waals surface area contributed by atoms with Gasteiger partial charge in [-0.15, -0.1) is 0 Å². The number of hydrogen-bond acceptors (Lipinski definition) is 4. The highest BCUT2D eigenvalue weighted by molar-refractivity contribution is 6.30. The summed E-state index contributed by atoms with van der Waals surface area (Å²) in [6.45, 7) is 1.68. The second-order valence-electron chi connectivity index (χ2n) is 5.15. The molecule has 0 saturated heterocycles. The first-order valence-corrected chi connectivity index (χ1v) is 7.72. The van der Waals surface area contributed by atoms with E-state index < -0.39 is 0 Å². The fraction of sp³-hybridized carbons (Fsp3) is 0.222. The zero-order valence-corrected chi connectivity index (χ0v) is 14.2. The monoisotopic (exact) mass is 347 g/mol. The lowest BCUT2D eigenvalue weighted by Crippen LogP contribution is -2.31. The molecule has 0 fully saturated rings. The van der Waals surface area contributed by atoms with Crippen LogP contribution in [-0.2, 0) is 4.79 Å². The van der Waals surface area contributed by atoms with Crippen LogP contribution in [0.25, 0.3) is 0 Å². The molecule has 5 nitrogen and oxygen atoms in total. The van der Waals surface area contributed by atoms with Gasteiger partial charge in [0.2, 0.25) is 0 Å². The molecular formula is C18H18ClNO4. The molecule has 0 radical (unpaired) electrons. The van der Waals surface area contributed by atoms with E-state index in [2.05, 4.69) is 5.32 Å². The van der Waals surface area contributed by atoms with Crippen LogP contribution in [0.3, 0.4) is 0 Å². The third kappa shape index (κ3) is 4.73. The SMILES string of the molecule is COc1ccc(OCC(=O)N[C@H](C)c2ccc(Cl)cc2)c(C=O)c1. The molecule has 0 spiro atoms. The predicted molar refractivity (Wildman–Crippen MR) is 91.9 cm³/mol. The molecule has 0 saturated carbocycles. The number of carbonyl (C=O) groups excluding carboxylic acids is 2. The minimum absolute atomic E-state index is 0.181. The fourth-order valence-electron chi connectivity index (χ4n) is 2.14. The molecule has 24 heavy (non-hydrogen) atoms. The van der Waals surface area contributed by atoms with Crippen molar-refractivity contribution in [3.8, 4) is 11.5 Å². The highest BCUT2D eigenvalue weighted by Gasteiger charge is 2.12. The van der Waals surface area contributed by atoms with E-state index >= 15 is 0 Å². The van der Waals surface area contributed by atoms with E-state index in [9.17, 15) is 9.59 Å². The van der Waals surface area contributed by atoms with Gasteiger partial charge in [-0.25, -0.2) is 0 Å². The summed E-state index contributed by atoms with van der Waals surface area (Å²) in [6.07, 6.45) is 0.659. The lowest BCUT2D eigenvalue weighted by atomic mass is 10.1. The summed E-state index contributed by atoms with van der Waals surface area (Å²) in [7, 11) is 1.51. The molecule has 2 rings (SSSR count). The summed E-state index contributed by atoms with van der Waals surface area (Å²) in [5.41, 5.74) is 1.26. The Morgan fingerprint density at radius 3 is 2.58 bits per heavy atom. The molecule has 2 aromatic rings. The Bertz CT molecular complexity index is 715. The van der Waals surface area contributed by atoms with Crippen molar-refractivity contribution in [3.05, 3.63) is 58.6 Å². The van der Waals surface area contributed by atoms with Crippen molar-refractivity contribution in [1.82, 2.24) is 5.32 Å². The van der Waals surface area contributed by atoms with Gasteiger partial charge in [0, 0.05) is 5.02 Å². The Kier molecular flexibility index (Phi) is 6.21. The molecular weight excluding hydrogens is 330 g/mol. The van der Waals surface area contributed by atoms with Crippen LogP contribution in [0.15, 0.2) is 42.5 Å².